The van der Waals surface area contributed by atoms with Crippen LogP contribution in [0.25, 0.3) is 17.1 Å². The second kappa shape index (κ2) is 8.19. The average molecular weight is 410 g/mol. The number of alkyl halides is 2. The highest BCUT2D eigenvalue weighted by Gasteiger charge is 2.10. The fourth-order valence-corrected chi connectivity index (χ4v) is 2.88. The number of aromatic nitrogens is 6. The van der Waals surface area contributed by atoms with Gasteiger partial charge in [0.2, 0.25) is 5.43 Å². The van der Waals surface area contributed by atoms with E-state index in [1.165, 1.54) is 18.5 Å². The van der Waals surface area contributed by atoms with Gasteiger partial charge in [0.1, 0.15) is 11.4 Å². The summed E-state index contributed by atoms with van der Waals surface area (Å²) in [5.74, 6) is 0.238. The van der Waals surface area contributed by atoms with E-state index in [4.69, 9.17) is 0 Å². The highest BCUT2D eigenvalue weighted by atomic mass is 19.3. The molecule has 30 heavy (non-hydrogen) atoms. The van der Waals surface area contributed by atoms with Crippen LogP contribution in [0.2, 0.25) is 0 Å². The smallest absolute Gasteiger partial charge is 0.387 e. The Kier molecular flexibility index (Phi) is 5.29. The molecule has 4 aromatic rings. The van der Waals surface area contributed by atoms with Crippen LogP contribution in [-0.4, -0.2) is 36.1 Å². The molecule has 0 bridgehead atoms. The molecule has 0 aliphatic heterocycles. The van der Waals surface area contributed by atoms with Crippen LogP contribution < -0.4 is 10.2 Å². The lowest BCUT2D eigenvalue weighted by molar-refractivity contribution is -0.0503. The van der Waals surface area contributed by atoms with E-state index in [9.17, 15) is 13.6 Å². The summed E-state index contributed by atoms with van der Waals surface area (Å²) in [4.78, 5) is 20.4. The third kappa shape index (κ3) is 4.37. The Morgan fingerprint density at radius 2 is 1.93 bits per heavy atom. The van der Waals surface area contributed by atoms with Crippen molar-refractivity contribution < 1.29 is 13.5 Å². The molecule has 3 aromatic heterocycles. The largest absolute Gasteiger partial charge is 0.432 e. The minimum atomic E-state index is -2.93. The molecule has 0 unspecified atom stereocenters. The molecule has 0 atom stereocenters. The van der Waals surface area contributed by atoms with E-state index in [-0.39, 0.29) is 11.2 Å². The van der Waals surface area contributed by atoms with Crippen molar-refractivity contribution >= 4 is 0 Å². The van der Waals surface area contributed by atoms with Gasteiger partial charge in [0.25, 0.3) is 0 Å². The van der Waals surface area contributed by atoms with Crippen molar-refractivity contribution in [1.29, 1.82) is 0 Å². The molecule has 0 radical (unpaired) electrons. The van der Waals surface area contributed by atoms with Crippen LogP contribution in [0.15, 0.2) is 66.1 Å². The Balaban J connectivity index is 1.58. The maximum absolute atomic E-state index is 12.3. The maximum atomic E-state index is 12.3. The van der Waals surface area contributed by atoms with E-state index in [0.717, 1.165) is 11.3 Å². The summed E-state index contributed by atoms with van der Waals surface area (Å²) < 4.78 is 32.0. The number of hydrogen-bond donors (Lipinski definition) is 0. The maximum Gasteiger partial charge on any atom is 0.387 e. The first-order valence-electron chi connectivity index (χ1n) is 8.92. The van der Waals surface area contributed by atoms with E-state index in [2.05, 4.69) is 24.9 Å². The lowest BCUT2D eigenvalue weighted by Crippen LogP contribution is -2.16. The first kappa shape index (κ1) is 19.4. The number of aryl methyl sites for hydroxylation is 1. The van der Waals surface area contributed by atoms with Crippen LogP contribution in [0.5, 0.6) is 5.75 Å². The molecule has 0 saturated carbocycles. The third-order valence-electron chi connectivity index (χ3n) is 4.25. The molecule has 4 rings (SSSR count). The van der Waals surface area contributed by atoms with Gasteiger partial charge in [0.05, 0.1) is 24.8 Å². The van der Waals surface area contributed by atoms with Gasteiger partial charge >= 0.3 is 6.61 Å². The van der Waals surface area contributed by atoms with Crippen molar-refractivity contribution in [2.75, 3.05) is 0 Å². The van der Waals surface area contributed by atoms with Crippen molar-refractivity contribution in [3.05, 3.63) is 82.8 Å². The third-order valence-corrected chi connectivity index (χ3v) is 4.25. The van der Waals surface area contributed by atoms with Gasteiger partial charge in [-0.25, -0.2) is 14.6 Å². The Morgan fingerprint density at radius 1 is 1.13 bits per heavy atom. The average Bonchev–Trinajstić information content (AvgIpc) is 3.16. The Bertz CT molecular complexity index is 1220. The number of halogens is 2. The Hall–Kier alpha value is -3.95. The summed E-state index contributed by atoms with van der Waals surface area (Å²) in [6.07, 6.45) is 7.72. The van der Waals surface area contributed by atoms with Gasteiger partial charge in [-0.1, -0.05) is 18.2 Å². The quantitative estimate of drug-likeness (QED) is 0.486. The van der Waals surface area contributed by atoms with Crippen molar-refractivity contribution in [3.63, 3.8) is 0 Å². The summed E-state index contributed by atoms with van der Waals surface area (Å²) in [6, 6.07) is 8.74. The van der Waals surface area contributed by atoms with Gasteiger partial charge in [-0.3, -0.25) is 9.48 Å². The molecular weight excluding hydrogens is 394 g/mol. The molecule has 0 saturated heterocycles. The summed E-state index contributed by atoms with van der Waals surface area (Å²) in [5, 5.41) is 8.53. The Morgan fingerprint density at radius 3 is 2.63 bits per heavy atom. The van der Waals surface area contributed by atoms with Crippen LogP contribution in [0.1, 0.15) is 11.3 Å². The molecule has 3 heterocycles. The molecule has 0 spiro atoms. The highest BCUT2D eigenvalue weighted by Crippen LogP contribution is 2.20. The number of nitrogens with zero attached hydrogens (tertiary/aromatic N) is 6. The summed E-state index contributed by atoms with van der Waals surface area (Å²) in [7, 11) is 1.80. The summed E-state index contributed by atoms with van der Waals surface area (Å²) in [6.45, 7) is -2.93. The lowest BCUT2D eigenvalue weighted by Gasteiger charge is -2.07. The van der Waals surface area contributed by atoms with Crippen LogP contribution in [0, 0.1) is 0 Å². The fraction of sp³-hybridized carbons (Fsp3) is 0.150. The van der Waals surface area contributed by atoms with Gasteiger partial charge in [-0.2, -0.15) is 19.0 Å². The minimum absolute atomic E-state index is 0.116. The molecule has 1 aromatic carbocycles. The molecule has 10 heteroatoms. The number of hydrogen-bond acceptors (Lipinski definition) is 6. The second-order valence-corrected chi connectivity index (χ2v) is 6.44. The van der Waals surface area contributed by atoms with Crippen molar-refractivity contribution in [2.45, 2.75) is 13.0 Å². The normalized spacial score (nSPS) is 11.1. The Labute approximate surface area is 169 Å². The molecular formula is C20H16F2N6O2. The molecule has 0 aliphatic rings. The van der Waals surface area contributed by atoms with E-state index in [1.54, 1.807) is 47.1 Å². The van der Waals surface area contributed by atoms with Gasteiger partial charge < -0.3 is 4.74 Å². The predicted octanol–water partition coefficient (Wildman–Crippen LogP) is 2.62. The van der Waals surface area contributed by atoms with Crippen molar-refractivity contribution in [1.82, 2.24) is 29.5 Å². The van der Waals surface area contributed by atoms with Crippen LogP contribution in [-0.2, 0) is 13.5 Å². The fourth-order valence-electron chi connectivity index (χ4n) is 2.88. The van der Waals surface area contributed by atoms with Crippen LogP contribution in [0.4, 0.5) is 8.78 Å². The van der Waals surface area contributed by atoms with Gasteiger partial charge in [0, 0.05) is 31.3 Å². The van der Waals surface area contributed by atoms with E-state index in [0.29, 0.717) is 23.5 Å². The van der Waals surface area contributed by atoms with Gasteiger partial charge in [0.15, 0.2) is 11.6 Å². The molecule has 0 N–H and O–H groups in total. The van der Waals surface area contributed by atoms with Crippen LogP contribution >= 0.6 is 0 Å². The van der Waals surface area contributed by atoms with Gasteiger partial charge in [-0.15, -0.1) is 0 Å². The van der Waals surface area contributed by atoms with E-state index < -0.39 is 6.61 Å². The van der Waals surface area contributed by atoms with Gasteiger partial charge in [-0.05, 0) is 11.6 Å². The lowest BCUT2D eigenvalue weighted by atomic mass is 10.1. The second-order valence-electron chi connectivity index (χ2n) is 6.44. The molecule has 8 nitrogen and oxygen atoms in total. The zero-order valence-electron chi connectivity index (χ0n) is 15.8. The highest BCUT2D eigenvalue weighted by molar-refractivity contribution is 5.56. The number of ether oxygens (including phenoxy) is 1. The number of benzene rings is 1. The molecule has 0 amide bonds. The monoisotopic (exact) mass is 410 g/mol. The van der Waals surface area contributed by atoms with E-state index in [1.807, 2.05) is 12.1 Å². The van der Waals surface area contributed by atoms with E-state index >= 15 is 0 Å². The predicted molar refractivity (Wildman–Crippen MR) is 104 cm³/mol. The van der Waals surface area contributed by atoms with Crippen molar-refractivity contribution in [2.24, 2.45) is 7.05 Å². The summed E-state index contributed by atoms with van der Waals surface area (Å²) >= 11 is 0. The molecule has 0 aliphatic carbocycles. The SMILES string of the molecule is Cn1cc(-n2ccc(=O)c(Cc3cccc(-c4ncc(OC(F)F)cn4)c3)n2)cn1. The molecule has 152 valence electrons. The van der Waals surface area contributed by atoms with Crippen LogP contribution in [0.3, 0.4) is 0 Å². The zero-order chi connectivity index (χ0) is 21.1. The summed E-state index contributed by atoms with van der Waals surface area (Å²) in [5.41, 5.74) is 2.45. The standard InChI is InChI=1S/C20H16F2N6O2/c1-27-12-15(9-25-27)28-6-5-18(29)17(26-28)8-13-3-2-4-14(7-13)19-23-10-16(11-24-19)30-20(21)22/h2-7,9-12,20H,8H2,1H3. The topological polar surface area (TPSA) is 87.7 Å². The minimum Gasteiger partial charge on any atom is -0.432 e. The zero-order valence-corrected chi connectivity index (χ0v) is 15.8. The molecule has 0 fully saturated rings. The first-order valence-corrected chi connectivity index (χ1v) is 8.92. The number of rotatable bonds is 6. The first-order chi connectivity index (χ1) is 14.5. The van der Waals surface area contributed by atoms with Crippen molar-refractivity contribution in [3.8, 4) is 22.8 Å².